The lowest BCUT2D eigenvalue weighted by molar-refractivity contribution is 0.465. The number of hydrogen-bond donors (Lipinski definition) is 0. The van der Waals surface area contributed by atoms with Crippen molar-refractivity contribution in [3.05, 3.63) is 237 Å². The first-order valence-electron chi connectivity index (χ1n) is 20.5. The normalized spacial score (nSPS) is 12.6. The van der Waals surface area contributed by atoms with Gasteiger partial charge in [0.2, 0.25) is 0 Å². The second kappa shape index (κ2) is 15.0. The van der Waals surface area contributed by atoms with Crippen LogP contribution in [0.25, 0.3) is 11.1 Å². The van der Waals surface area contributed by atoms with Gasteiger partial charge in [0.1, 0.15) is 23.0 Å². The lowest BCUT2D eigenvalue weighted by Gasteiger charge is -2.44. The van der Waals surface area contributed by atoms with Gasteiger partial charge in [-0.3, -0.25) is 0 Å². The molecule has 0 atom stereocenters. The van der Waals surface area contributed by atoms with Crippen LogP contribution < -0.4 is 57.0 Å². The van der Waals surface area contributed by atoms with Gasteiger partial charge in [0, 0.05) is 11.0 Å². The Labute approximate surface area is 353 Å². The minimum absolute atomic E-state index is 0.0206. The zero-order valence-electron chi connectivity index (χ0n) is 32.8. The van der Waals surface area contributed by atoms with E-state index in [2.05, 4.69) is 231 Å². The van der Waals surface area contributed by atoms with Crippen LogP contribution in [0.5, 0.6) is 23.0 Å². The molecule has 0 unspecified atom stereocenters. The summed E-state index contributed by atoms with van der Waals surface area (Å²) in [5.41, 5.74) is 5.42. The second-order valence-corrected chi connectivity index (χ2v) is 22.4. The van der Waals surface area contributed by atoms with Crippen LogP contribution in [0, 0.1) is 0 Å². The van der Waals surface area contributed by atoms with Gasteiger partial charge in [0.05, 0.1) is 0 Å². The van der Waals surface area contributed by atoms with Crippen molar-refractivity contribution in [3.8, 4) is 34.1 Å². The minimum Gasteiger partial charge on any atom is -0.458 e. The van der Waals surface area contributed by atoms with Gasteiger partial charge in [-0.15, -0.1) is 0 Å². The molecule has 0 saturated heterocycles. The molecular weight excluding hydrogens is 764 g/mol. The molecule has 60 heavy (non-hydrogen) atoms. The summed E-state index contributed by atoms with van der Waals surface area (Å²) in [6.07, 6.45) is 0. The quantitative estimate of drug-likeness (QED) is 0.120. The summed E-state index contributed by atoms with van der Waals surface area (Å²) >= 11 is 0. The molecule has 2 heterocycles. The number of hydrogen-bond acceptors (Lipinski definition) is 3. The highest BCUT2D eigenvalue weighted by atomic mass is 28.4. The van der Waals surface area contributed by atoms with E-state index in [1.807, 2.05) is 6.07 Å². The zero-order chi connectivity index (χ0) is 39.9. The molecule has 0 N–H and O–H groups in total. The van der Waals surface area contributed by atoms with E-state index in [1.165, 1.54) is 25.9 Å². The molecule has 284 valence electrons. The van der Waals surface area contributed by atoms with Crippen molar-refractivity contribution in [1.82, 2.24) is 0 Å². The van der Waals surface area contributed by atoms with Crippen LogP contribution in [-0.2, 0) is 4.12 Å². The fraction of sp³-hybridized carbons (Fsp3) is 0. The zero-order valence-corrected chi connectivity index (χ0v) is 34.8. The summed E-state index contributed by atoms with van der Waals surface area (Å²) in [4.78, 5) is 0. The van der Waals surface area contributed by atoms with Gasteiger partial charge in [-0.2, -0.15) is 0 Å². The van der Waals surface area contributed by atoms with E-state index < -0.39 is 16.6 Å². The van der Waals surface area contributed by atoms with Crippen LogP contribution in [0.1, 0.15) is 0 Å². The van der Waals surface area contributed by atoms with Crippen molar-refractivity contribution in [2.24, 2.45) is 0 Å². The third kappa shape index (κ3) is 5.83. The van der Waals surface area contributed by atoms with Crippen molar-refractivity contribution in [1.29, 1.82) is 0 Å². The Morgan fingerprint density at radius 2 is 0.733 bits per heavy atom. The maximum atomic E-state index is 8.62. The van der Waals surface area contributed by atoms with E-state index in [4.69, 9.17) is 13.6 Å². The van der Waals surface area contributed by atoms with E-state index in [0.717, 1.165) is 55.7 Å². The summed E-state index contributed by atoms with van der Waals surface area (Å²) in [6, 6.07) is 84.8. The molecule has 6 heteroatoms. The van der Waals surface area contributed by atoms with Crippen LogP contribution in [0.15, 0.2) is 237 Å². The van der Waals surface area contributed by atoms with E-state index >= 15 is 0 Å². The lowest BCUT2D eigenvalue weighted by Crippen LogP contribution is -2.81. The van der Waals surface area contributed by atoms with Gasteiger partial charge < -0.3 is 13.6 Å². The van der Waals surface area contributed by atoms with E-state index in [9.17, 15) is 0 Å². The molecular formula is C54H39BO3Si2. The maximum absolute atomic E-state index is 8.62. The molecule has 9 aromatic rings. The molecule has 11 rings (SSSR count). The number of para-hydroxylation sites is 2. The molecule has 2 aliphatic rings. The Morgan fingerprint density at radius 3 is 1.22 bits per heavy atom. The molecule has 2 aliphatic heterocycles. The fourth-order valence-corrected chi connectivity index (χ4v) is 20.1. The summed E-state index contributed by atoms with van der Waals surface area (Å²) in [5, 5.41) is 7.08. The molecule has 0 saturated carbocycles. The third-order valence-electron chi connectivity index (χ3n) is 12.1. The first-order valence-corrected chi connectivity index (χ1v) is 24.3. The van der Waals surface area contributed by atoms with Crippen molar-refractivity contribution in [2.45, 2.75) is 0 Å². The fourth-order valence-electron chi connectivity index (χ4n) is 9.47. The highest BCUT2D eigenvalue weighted by Crippen LogP contribution is 2.40. The molecule has 0 bridgehead atoms. The predicted molar refractivity (Wildman–Crippen MR) is 252 cm³/mol. The smallest absolute Gasteiger partial charge is 0.278 e. The Balaban J connectivity index is 1.18. The number of ether oxygens (including phenoxy) is 2. The Bertz CT molecular complexity index is 2820. The average Bonchev–Trinajstić information content (AvgIpc) is 3.33. The average molecular weight is 803 g/mol. The third-order valence-corrected chi connectivity index (χ3v) is 21.4. The van der Waals surface area contributed by atoms with Gasteiger partial charge in [-0.1, -0.05) is 212 Å². The van der Waals surface area contributed by atoms with Gasteiger partial charge in [-0.05, 0) is 71.9 Å². The molecule has 0 fully saturated rings. The Morgan fingerprint density at radius 1 is 0.333 bits per heavy atom. The number of fused-ring (bicyclic) bond motifs is 4. The van der Waals surface area contributed by atoms with E-state index in [-0.39, 0.29) is 6.71 Å². The molecule has 9 aromatic carbocycles. The molecule has 0 aromatic heterocycles. The van der Waals surface area contributed by atoms with Crippen LogP contribution in [0.4, 0.5) is 0 Å². The van der Waals surface area contributed by atoms with Crippen molar-refractivity contribution < 1.29 is 13.6 Å². The van der Waals surface area contributed by atoms with Gasteiger partial charge in [0.15, 0.2) is 0 Å². The lowest BCUT2D eigenvalue weighted by atomic mass is 9.34. The summed E-state index contributed by atoms with van der Waals surface area (Å²) in [7, 11) is -6.73. The number of benzene rings is 9. The maximum Gasteiger partial charge on any atom is 0.278 e. The van der Waals surface area contributed by atoms with Crippen LogP contribution in [-0.4, -0.2) is 23.3 Å². The van der Waals surface area contributed by atoms with Crippen LogP contribution in [0.3, 0.4) is 0 Å². The largest absolute Gasteiger partial charge is 0.458 e. The Kier molecular flexibility index (Phi) is 9.04. The topological polar surface area (TPSA) is 27.7 Å². The Hall–Kier alpha value is -6.96. The summed E-state index contributed by atoms with van der Waals surface area (Å²) in [6.45, 7) is -0.0206. The predicted octanol–water partition coefficient (Wildman–Crippen LogP) is 6.73. The standard InChI is InChI=1S/C54H39BO3Si2/c1-6-22-41(23-7-1)59(42-24-8-2-9-25-42,43-26-10-3-11-27-43)58-60(44-28-12-4-13-29-44,45-30-14-5-15-31-45)46-32-20-21-40(39-46)47-37-38-52-53-54(47)57-51-36-19-17-34-49(51)55(53)48-33-16-18-35-50(48)56-52/h1-39H. The second-order valence-electron chi connectivity index (χ2n) is 15.4. The van der Waals surface area contributed by atoms with Gasteiger partial charge >= 0.3 is 0 Å². The molecule has 0 amide bonds. The first kappa shape index (κ1) is 36.1. The van der Waals surface area contributed by atoms with E-state index in [0.29, 0.717) is 0 Å². The van der Waals surface area contributed by atoms with E-state index in [1.54, 1.807) is 0 Å². The summed E-state index contributed by atoms with van der Waals surface area (Å²) < 4.78 is 22.2. The monoisotopic (exact) mass is 802 g/mol. The minimum atomic E-state index is -3.44. The molecule has 3 nitrogen and oxygen atoms in total. The SMILES string of the molecule is c1ccc([Si](O[Si](c2ccccc2)(c2ccccc2)c2cccc(-c3ccc4c5c3Oc3ccccc3B5c3ccccc3O4)c2)(c2ccccc2)c2ccccc2)cc1. The van der Waals surface area contributed by atoms with Crippen molar-refractivity contribution >= 4 is 70.9 Å². The summed E-state index contributed by atoms with van der Waals surface area (Å²) in [5.74, 6) is 3.41. The number of rotatable bonds is 9. The van der Waals surface area contributed by atoms with Crippen molar-refractivity contribution in [3.63, 3.8) is 0 Å². The van der Waals surface area contributed by atoms with Crippen LogP contribution >= 0.6 is 0 Å². The van der Waals surface area contributed by atoms with Gasteiger partial charge in [-0.25, -0.2) is 0 Å². The molecule has 0 aliphatic carbocycles. The molecule has 0 radical (unpaired) electrons. The highest BCUT2D eigenvalue weighted by molar-refractivity contribution is 7.18. The first-order chi connectivity index (χ1) is 29.7. The van der Waals surface area contributed by atoms with Crippen molar-refractivity contribution in [2.75, 3.05) is 0 Å². The van der Waals surface area contributed by atoms with Crippen LogP contribution in [0.2, 0.25) is 0 Å². The highest BCUT2D eigenvalue weighted by Gasteiger charge is 2.53. The molecule has 0 spiro atoms. The van der Waals surface area contributed by atoms with Gasteiger partial charge in [0.25, 0.3) is 23.3 Å².